The van der Waals surface area contributed by atoms with Crippen molar-refractivity contribution in [1.82, 2.24) is 4.90 Å². The smallest absolute Gasteiger partial charge is 0.386 e. The summed E-state index contributed by atoms with van der Waals surface area (Å²) in [6.45, 7) is 3.56. The topological polar surface area (TPSA) is 78.9 Å². The van der Waals surface area contributed by atoms with Gasteiger partial charge in [-0.25, -0.2) is 9.59 Å². The molecule has 0 aliphatic carbocycles. The summed E-state index contributed by atoms with van der Waals surface area (Å²) in [5.41, 5.74) is 0. The second-order valence-electron chi connectivity index (χ2n) is 4.50. The maximum Gasteiger partial charge on any atom is 0.386 e. The highest BCUT2D eigenvalue weighted by Crippen LogP contribution is 2.40. The van der Waals surface area contributed by atoms with Crippen LogP contribution < -0.4 is 0 Å². The zero-order valence-corrected chi connectivity index (χ0v) is 13.8. The number of hydrogen-bond acceptors (Lipinski definition) is 7. The van der Waals surface area contributed by atoms with Gasteiger partial charge in [-0.15, -0.1) is 0 Å². The fraction of sp³-hybridized carbons (Fsp3) is 0.833. The highest BCUT2D eigenvalue weighted by atomic mass is 32.3. The molecular weight excluding hydrogens is 302 g/mol. The van der Waals surface area contributed by atoms with E-state index in [2.05, 4.69) is 0 Å². The molecule has 1 rings (SSSR count). The summed E-state index contributed by atoms with van der Waals surface area (Å²) in [7, 11) is 3.76. The Balaban J connectivity index is 3.00. The van der Waals surface area contributed by atoms with Gasteiger partial charge in [0.2, 0.25) is 0 Å². The Morgan fingerprint density at radius 1 is 1.30 bits per heavy atom. The Kier molecular flexibility index (Phi) is 6.63. The monoisotopic (exact) mass is 323 g/mol. The molecule has 0 aromatic rings. The molecule has 0 N–H and O–H groups in total. The van der Waals surface area contributed by atoms with Crippen molar-refractivity contribution in [2.75, 3.05) is 38.8 Å². The second-order valence-corrected chi connectivity index (χ2v) is 7.63. The number of thioether (sulfide) groups is 1. The minimum Gasteiger partial charge on any atom is -0.614 e. The lowest BCUT2D eigenvalue weighted by molar-refractivity contribution is -0.154. The van der Waals surface area contributed by atoms with Gasteiger partial charge in [0.1, 0.15) is 5.75 Å². The van der Waals surface area contributed by atoms with Gasteiger partial charge in [0.25, 0.3) is 0 Å². The lowest BCUT2D eigenvalue weighted by Gasteiger charge is -2.38. The van der Waals surface area contributed by atoms with Crippen molar-refractivity contribution in [3.8, 4) is 0 Å². The Labute approximate surface area is 126 Å². The molecule has 0 amide bonds. The highest BCUT2D eigenvalue weighted by Gasteiger charge is 2.63. The highest BCUT2D eigenvalue weighted by molar-refractivity contribution is 8.17. The summed E-state index contributed by atoms with van der Waals surface area (Å²) >= 11 is -0.618. The van der Waals surface area contributed by atoms with E-state index < -0.39 is 27.2 Å². The van der Waals surface area contributed by atoms with Crippen molar-refractivity contribution in [1.29, 1.82) is 0 Å². The minimum atomic E-state index is -1.74. The summed E-state index contributed by atoms with van der Waals surface area (Å²) in [4.78, 5) is 26.3. The molecule has 116 valence electrons. The van der Waals surface area contributed by atoms with Crippen LogP contribution in [0.15, 0.2) is 0 Å². The average molecular weight is 323 g/mol. The fourth-order valence-electron chi connectivity index (χ4n) is 1.76. The van der Waals surface area contributed by atoms with Crippen molar-refractivity contribution in [3.63, 3.8) is 0 Å². The Morgan fingerprint density at radius 3 is 2.15 bits per heavy atom. The van der Waals surface area contributed by atoms with E-state index in [4.69, 9.17) is 9.47 Å². The van der Waals surface area contributed by atoms with Crippen LogP contribution in [0, 0.1) is 0 Å². The fourth-order valence-corrected chi connectivity index (χ4v) is 5.53. The van der Waals surface area contributed by atoms with E-state index in [1.54, 1.807) is 13.8 Å². The van der Waals surface area contributed by atoms with Crippen LogP contribution in [0.2, 0.25) is 0 Å². The van der Waals surface area contributed by atoms with Crippen molar-refractivity contribution < 1.29 is 23.6 Å². The maximum absolute atomic E-state index is 12.5. The van der Waals surface area contributed by atoms with Crippen molar-refractivity contribution >= 4 is 34.9 Å². The van der Waals surface area contributed by atoms with Gasteiger partial charge in [-0.05, 0) is 39.1 Å². The SMILES string of the molecule is CCOC(=O)C1(C(=O)OCC)SCC(N(C)C)C[S+]1[O-]. The standard InChI is InChI=1S/C12H21NO5S2/c1-5-17-10(14)12(11(15)18-6-2)19-7-9(13(3)4)8-20(12)16/h9H,5-8H2,1-4H3. The van der Waals surface area contributed by atoms with Gasteiger partial charge in [0.15, 0.2) is 0 Å². The van der Waals surface area contributed by atoms with Crippen molar-refractivity contribution in [2.24, 2.45) is 0 Å². The molecule has 2 atom stereocenters. The molecule has 0 aromatic heterocycles. The van der Waals surface area contributed by atoms with Gasteiger partial charge in [0.05, 0.1) is 19.3 Å². The molecule has 1 saturated heterocycles. The molecule has 6 nitrogen and oxygen atoms in total. The Bertz CT molecular complexity index is 346. The largest absolute Gasteiger partial charge is 0.614 e. The molecule has 8 heteroatoms. The minimum absolute atomic E-state index is 0.0535. The summed E-state index contributed by atoms with van der Waals surface area (Å²) in [5.74, 6) is -0.758. The average Bonchev–Trinajstić information content (AvgIpc) is 2.39. The summed E-state index contributed by atoms with van der Waals surface area (Å²) in [6, 6.07) is 0.0535. The maximum atomic E-state index is 12.5. The van der Waals surface area contributed by atoms with E-state index in [0.717, 1.165) is 11.8 Å². The molecule has 2 unspecified atom stereocenters. The van der Waals surface area contributed by atoms with Crippen LogP contribution in [0.4, 0.5) is 0 Å². The van der Waals surface area contributed by atoms with E-state index in [9.17, 15) is 14.1 Å². The zero-order chi connectivity index (χ0) is 15.3. The van der Waals surface area contributed by atoms with E-state index in [-0.39, 0.29) is 25.0 Å². The number of carbonyl (C=O) groups excluding carboxylic acids is 2. The first-order valence-corrected chi connectivity index (χ1v) is 8.73. The predicted molar refractivity (Wildman–Crippen MR) is 78.9 cm³/mol. The van der Waals surface area contributed by atoms with Crippen LogP contribution >= 0.6 is 11.8 Å². The first kappa shape index (κ1) is 17.6. The molecule has 20 heavy (non-hydrogen) atoms. The molecule has 0 radical (unpaired) electrons. The van der Waals surface area contributed by atoms with E-state index >= 15 is 0 Å². The number of ether oxygens (including phenoxy) is 2. The van der Waals surface area contributed by atoms with Gasteiger partial charge in [-0.1, -0.05) is 11.8 Å². The van der Waals surface area contributed by atoms with Gasteiger partial charge in [-0.3, -0.25) is 0 Å². The number of nitrogens with zero attached hydrogens (tertiary/aromatic N) is 1. The molecule has 0 aromatic carbocycles. The predicted octanol–water partition coefficient (Wildman–Crippen LogP) is 0.235. The molecule has 1 aliphatic heterocycles. The van der Waals surface area contributed by atoms with Crippen LogP contribution in [0.3, 0.4) is 0 Å². The van der Waals surface area contributed by atoms with Crippen LogP contribution in [0.1, 0.15) is 13.8 Å². The Hall–Kier alpha value is -0.440. The van der Waals surface area contributed by atoms with Crippen molar-refractivity contribution in [2.45, 2.75) is 24.0 Å². The second kappa shape index (κ2) is 7.53. The lowest BCUT2D eigenvalue weighted by atomic mass is 10.3. The quantitative estimate of drug-likeness (QED) is 0.407. The number of esters is 2. The molecule has 0 spiro atoms. The molecule has 1 fully saturated rings. The number of hydrogen-bond donors (Lipinski definition) is 0. The number of carbonyl (C=O) groups is 2. The van der Waals surface area contributed by atoms with E-state index in [1.165, 1.54) is 0 Å². The molecule has 0 saturated carbocycles. The van der Waals surface area contributed by atoms with Crippen LogP contribution in [-0.4, -0.2) is 70.3 Å². The van der Waals surface area contributed by atoms with E-state index in [0.29, 0.717) is 5.75 Å². The normalized spacial score (nSPS) is 25.3. The van der Waals surface area contributed by atoms with Crippen molar-refractivity contribution in [3.05, 3.63) is 0 Å². The first-order chi connectivity index (χ1) is 9.40. The first-order valence-electron chi connectivity index (χ1n) is 6.43. The summed E-state index contributed by atoms with van der Waals surface area (Å²) in [5, 5.41) is 0. The zero-order valence-electron chi connectivity index (χ0n) is 12.2. The van der Waals surface area contributed by atoms with E-state index in [1.807, 2.05) is 19.0 Å². The molecule has 1 heterocycles. The Morgan fingerprint density at radius 2 is 1.80 bits per heavy atom. The summed E-state index contributed by atoms with van der Waals surface area (Å²) < 4.78 is 20.7. The number of rotatable bonds is 5. The van der Waals surface area contributed by atoms with Crippen LogP contribution in [0.5, 0.6) is 0 Å². The third-order valence-electron chi connectivity index (χ3n) is 2.96. The third kappa shape index (κ3) is 3.41. The molecular formula is C12H21NO5S2. The van der Waals surface area contributed by atoms with Gasteiger partial charge in [0, 0.05) is 5.75 Å². The summed E-state index contributed by atoms with van der Waals surface area (Å²) in [6.07, 6.45) is 0. The molecule has 1 aliphatic rings. The lowest BCUT2D eigenvalue weighted by Crippen LogP contribution is -2.59. The molecule has 0 bridgehead atoms. The van der Waals surface area contributed by atoms with Crippen LogP contribution in [0.25, 0.3) is 0 Å². The van der Waals surface area contributed by atoms with Gasteiger partial charge < -0.3 is 18.9 Å². The van der Waals surface area contributed by atoms with Gasteiger partial charge in [-0.2, -0.15) is 0 Å². The third-order valence-corrected chi connectivity index (χ3v) is 6.83. The van der Waals surface area contributed by atoms with Gasteiger partial charge >= 0.3 is 16.0 Å². The van der Waals surface area contributed by atoms with Crippen LogP contribution in [-0.2, 0) is 30.2 Å².